The third kappa shape index (κ3) is 2.90. The summed E-state index contributed by atoms with van der Waals surface area (Å²) in [6.45, 7) is 2.04. The van der Waals surface area contributed by atoms with Crippen LogP contribution in [0.4, 0.5) is 0 Å². The normalized spacial score (nSPS) is 10.6. The van der Waals surface area contributed by atoms with Crippen LogP contribution in [0.15, 0.2) is 28.2 Å². The van der Waals surface area contributed by atoms with Crippen molar-refractivity contribution in [2.24, 2.45) is 0 Å². The van der Waals surface area contributed by atoms with E-state index in [0.29, 0.717) is 17.7 Å². The maximum Gasteiger partial charge on any atom is 0.329 e. The quantitative estimate of drug-likeness (QED) is 0.847. The molecular formula is C12H13ClN4O2. The lowest BCUT2D eigenvalue weighted by Gasteiger charge is -2.07. The van der Waals surface area contributed by atoms with Crippen molar-refractivity contribution >= 4 is 11.6 Å². The maximum atomic E-state index is 12.2. The molecule has 7 heteroatoms. The molecule has 0 unspecified atom stereocenters. The molecule has 0 radical (unpaired) electrons. The summed E-state index contributed by atoms with van der Waals surface area (Å²) in [5, 5.41) is 0.121. The Hall–Kier alpha value is -1.95. The summed E-state index contributed by atoms with van der Waals surface area (Å²) in [5.41, 5.74) is 0.118. The average Bonchev–Trinajstić information content (AvgIpc) is 2.41. The Balaban J connectivity index is 2.49. The van der Waals surface area contributed by atoms with E-state index in [1.165, 1.54) is 6.33 Å². The van der Waals surface area contributed by atoms with Crippen LogP contribution in [0.5, 0.6) is 0 Å². The van der Waals surface area contributed by atoms with Gasteiger partial charge < -0.3 is 0 Å². The van der Waals surface area contributed by atoms with Crippen molar-refractivity contribution in [3.63, 3.8) is 0 Å². The second-order valence-corrected chi connectivity index (χ2v) is 4.44. The van der Waals surface area contributed by atoms with E-state index in [2.05, 4.69) is 15.0 Å². The van der Waals surface area contributed by atoms with Gasteiger partial charge in [-0.2, -0.15) is 0 Å². The van der Waals surface area contributed by atoms with E-state index in [0.717, 1.165) is 11.0 Å². The molecule has 0 saturated heterocycles. The predicted octanol–water partition coefficient (Wildman–Crippen LogP) is 0.981. The van der Waals surface area contributed by atoms with Gasteiger partial charge in [-0.3, -0.25) is 14.3 Å². The smallest absolute Gasteiger partial charge is 0.297 e. The van der Waals surface area contributed by atoms with Crippen LogP contribution in [0.2, 0.25) is 5.15 Å². The minimum Gasteiger partial charge on any atom is -0.297 e. The number of hydrogen-bond donors (Lipinski definition) is 1. The zero-order chi connectivity index (χ0) is 13.8. The van der Waals surface area contributed by atoms with Crippen LogP contribution < -0.4 is 11.2 Å². The highest BCUT2D eigenvalue weighted by Crippen LogP contribution is 2.08. The Bertz CT molecular complexity index is 678. The topological polar surface area (TPSA) is 80.6 Å². The molecule has 0 atom stereocenters. The first kappa shape index (κ1) is 13.5. The molecule has 2 aromatic heterocycles. The lowest BCUT2D eigenvalue weighted by Crippen LogP contribution is -2.37. The highest BCUT2D eigenvalue weighted by atomic mass is 35.5. The molecule has 0 aliphatic rings. The second kappa shape index (κ2) is 5.79. The van der Waals surface area contributed by atoms with Crippen LogP contribution in [0.1, 0.15) is 24.6 Å². The number of nitrogens with zero attached hydrogens (tertiary/aromatic N) is 3. The predicted molar refractivity (Wildman–Crippen MR) is 71.5 cm³/mol. The molecule has 1 N–H and O–H groups in total. The SMILES string of the molecule is CCCc1c(Cl)[nH]c(=O)n(Cc2ccncn2)c1=O. The van der Waals surface area contributed by atoms with Gasteiger partial charge in [0.05, 0.1) is 17.8 Å². The van der Waals surface area contributed by atoms with Gasteiger partial charge in [0.1, 0.15) is 11.5 Å². The molecule has 0 amide bonds. The molecule has 0 spiro atoms. The molecule has 19 heavy (non-hydrogen) atoms. The zero-order valence-corrected chi connectivity index (χ0v) is 11.1. The Morgan fingerprint density at radius 2 is 2.21 bits per heavy atom. The number of H-pyrrole nitrogens is 1. The summed E-state index contributed by atoms with van der Waals surface area (Å²) >= 11 is 5.89. The van der Waals surface area contributed by atoms with E-state index in [1.807, 2.05) is 6.92 Å². The zero-order valence-electron chi connectivity index (χ0n) is 10.4. The van der Waals surface area contributed by atoms with Gasteiger partial charge in [0.15, 0.2) is 0 Å². The lowest BCUT2D eigenvalue weighted by atomic mass is 10.2. The first-order valence-corrected chi connectivity index (χ1v) is 6.27. The first-order chi connectivity index (χ1) is 9.13. The molecule has 0 bridgehead atoms. The van der Waals surface area contributed by atoms with Crippen molar-refractivity contribution in [3.05, 3.63) is 55.8 Å². The number of hydrogen-bond acceptors (Lipinski definition) is 4. The van der Waals surface area contributed by atoms with Gasteiger partial charge in [-0.15, -0.1) is 0 Å². The molecule has 6 nitrogen and oxygen atoms in total. The summed E-state index contributed by atoms with van der Waals surface area (Å²) in [6.07, 6.45) is 4.23. The van der Waals surface area contributed by atoms with Crippen molar-refractivity contribution in [2.75, 3.05) is 0 Å². The summed E-state index contributed by atoms with van der Waals surface area (Å²) in [7, 11) is 0. The fraction of sp³-hybridized carbons (Fsp3) is 0.333. The van der Waals surface area contributed by atoms with Gasteiger partial charge in [-0.1, -0.05) is 24.9 Å². The lowest BCUT2D eigenvalue weighted by molar-refractivity contribution is 0.667. The van der Waals surface area contributed by atoms with Gasteiger partial charge in [-0.05, 0) is 12.5 Å². The van der Waals surface area contributed by atoms with Gasteiger partial charge in [-0.25, -0.2) is 14.8 Å². The van der Waals surface area contributed by atoms with Crippen LogP contribution in [0, 0.1) is 0 Å². The minimum atomic E-state index is -0.534. The molecule has 2 heterocycles. The van der Waals surface area contributed by atoms with Crippen LogP contribution >= 0.6 is 11.6 Å². The molecule has 0 aliphatic heterocycles. The van der Waals surface area contributed by atoms with E-state index >= 15 is 0 Å². The molecule has 0 aromatic carbocycles. The standard InChI is InChI=1S/C12H13ClN4O2/c1-2-3-9-10(13)16-12(19)17(11(9)18)6-8-4-5-14-7-15-8/h4-5,7H,2-3,6H2,1H3,(H,16,19). The monoisotopic (exact) mass is 280 g/mol. The first-order valence-electron chi connectivity index (χ1n) is 5.90. The Labute approximate surface area is 114 Å². The summed E-state index contributed by atoms with van der Waals surface area (Å²) in [6, 6.07) is 1.65. The van der Waals surface area contributed by atoms with Crippen LogP contribution in [0.3, 0.4) is 0 Å². The van der Waals surface area contributed by atoms with E-state index in [1.54, 1.807) is 12.3 Å². The van der Waals surface area contributed by atoms with Gasteiger partial charge in [0.2, 0.25) is 0 Å². The molecule has 0 aliphatic carbocycles. The van der Waals surface area contributed by atoms with Crippen LogP contribution in [0.25, 0.3) is 0 Å². The third-order valence-electron chi connectivity index (χ3n) is 2.69. The molecule has 100 valence electrons. The van der Waals surface area contributed by atoms with Crippen molar-refractivity contribution in [3.8, 4) is 0 Å². The van der Waals surface area contributed by atoms with Crippen LogP contribution in [-0.4, -0.2) is 19.5 Å². The number of aromatic nitrogens is 4. The fourth-order valence-electron chi connectivity index (χ4n) is 1.77. The number of aromatic amines is 1. The number of halogens is 1. The number of nitrogens with one attached hydrogen (secondary N) is 1. The highest BCUT2D eigenvalue weighted by molar-refractivity contribution is 6.30. The molecule has 0 saturated carbocycles. The van der Waals surface area contributed by atoms with Crippen molar-refractivity contribution < 1.29 is 0 Å². The summed E-state index contributed by atoms with van der Waals surface area (Å²) in [4.78, 5) is 34.3. The van der Waals surface area contributed by atoms with Crippen molar-refractivity contribution in [1.82, 2.24) is 19.5 Å². The minimum absolute atomic E-state index is 0.102. The molecular weight excluding hydrogens is 268 g/mol. The van der Waals surface area contributed by atoms with E-state index in [-0.39, 0.29) is 17.3 Å². The second-order valence-electron chi connectivity index (χ2n) is 4.06. The molecule has 2 aromatic rings. The Morgan fingerprint density at radius 3 is 2.84 bits per heavy atom. The molecule has 2 rings (SSSR count). The third-order valence-corrected chi connectivity index (χ3v) is 3.02. The van der Waals surface area contributed by atoms with Gasteiger partial charge >= 0.3 is 5.69 Å². The van der Waals surface area contributed by atoms with Gasteiger partial charge in [0.25, 0.3) is 5.56 Å². The summed E-state index contributed by atoms with van der Waals surface area (Å²) < 4.78 is 1.10. The van der Waals surface area contributed by atoms with E-state index in [4.69, 9.17) is 11.6 Å². The maximum absolute atomic E-state index is 12.2. The fourth-order valence-corrected chi connectivity index (χ4v) is 2.03. The van der Waals surface area contributed by atoms with E-state index in [9.17, 15) is 9.59 Å². The largest absolute Gasteiger partial charge is 0.329 e. The highest BCUT2D eigenvalue weighted by Gasteiger charge is 2.12. The van der Waals surface area contributed by atoms with Crippen molar-refractivity contribution in [2.45, 2.75) is 26.3 Å². The van der Waals surface area contributed by atoms with Gasteiger partial charge in [0, 0.05) is 6.20 Å². The Morgan fingerprint density at radius 1 is 1.42 bits per heavy atom. The molecule has 0 fully saturated rings. The van der Waals surface area contributed by atoms with E-state index < -0.39 is 5.69 Å². The average molecular weight is 281 g/mol. The van der Waals surface area contributed by atoms with Crippen LogP contribution in [-0.2, 0) is 13.0 Å². The Kier molecular flexibility index (Phi) is 4.11. The van der Waals surface area contributed by atoms with Crippen molar-refractivity contribution in [1.29, 1.82) is 0 Å². The summed E-state index contributed by atoms with van der Waals surface area (Å²) in [5.74, 6) is 0. The number of rotatable bonds is 4.